The second-order valence-corrected chi connectivity index (χ2v) is 5.29. The molecule has 22 heavy (non-hydrogen) atoms. The van der Waals surface area contributed by atoms with Gasteiger partial charge < -0.3 is 10.6 Å². The van der Waals surface area contributed by atoms with E-state index in [1.807, 2.05) is 29.8 Å². The Kier molecular flexibility index (Phi) is 6.15. The number of hydrogen-bond donors (Lipinski definition) is 2. The van der Waals surface area contributed by atoms with Crippen LogP contribution in [0.3, 0.4) is 0 Å². The first-order chi connectivity index (χ1) is 10.7. The first-order valence-electron chi connectivity index (χ1n) is 7.77. The van der Waals surface area contributed by atoms with E-state index in [0.717, 1.165) is 25.2 Å². The molecule has 0 aliphatic carbocycles. The van der Waals surface area contributed by atoms with Crippen molar-refractivity contribution in [3.63, 3.8) is 0 Å². The maximum absolute atomic E-state index is 12.2. The van der Waals surface area contributed by atoms with Crippen LogP contribution in [-0.4, -0.2) is 35.3 Å². The number of carbonyl (C=O) groups excluding carboxylic acids is 1. The van der Waals surface area contributed by atoms with E-state index >= 15 is 0 Å². The Hall–Kier alpha value is -2.14. The summed E-state index contributed by atoms with van der Waals surface area (Å²) in [6.45, 7) is 7.12. The van der Waals surface area contributed by atoms with Gasteiger partial charge in [0.1, 0.15) is 0 Å². The Morgan fingerprint density at radius 3 is 2.68 bits per heavy atom. The van der Waals surface area contributed by atoms with Gasteiger partial charge in [0.15, 0.2) is 0 Å². The molecular formula is C17H24N4O. The molecule has 0 spiro atoms. The van der Waals surface area contributed by atoms with Gasteiger partial charge >= 0.3 is 0 Å². The molecule has 5 heteroatoms. The molecule has 1 heterocycles. The van der Waals surface area contributed by atoms with Crippen LogP contribution in [0.4, 0.5) is 0 Å². The maximum atomic E-state index is 12.2. The van der Waals surface area contributed by atoms with Crippen molar-refractivity contribution in [1.29, 1.82) is 0 Å². The fraction of sp³-hybridized carbons (Fsp3) is 0.412. The lowest BCUT2D eigenvalue weighted by Gasteiger charge is -2.07. The first-order valence-corrected chi connectivity index (χ1v) is 7.77. The van der Waals surface area contributed by atoms with Crippen molar-refractivity contribution in [3.8, 4) is 0 Å². The molecule has 0 aliphatic heterocycles. The van der Waals surface area contributed by atoms with E-state index in [-0.39, 0.29) is 5.91 Å². The lowest BCUT2D eigenvalue weighted by Crippen LogP contribution is -2.32. The predicted octanol–water partition coefficient (Wildman–Crippen LogP) is 1.97. The minimum Gasteiger partial charge on any atom is -0.351 e. The number of hydrogen-bond acceptors (Lipinski definition) is 3. The second kappa shape index (κ2) is 8.34. The highest BCUT2D eigenvalue weighted by Gasteiger charge is 2.13. The third-order valence-corrected chi connectivity index (χ3v) is 3.54. The molecular weight excluding hydrogens is 276 g/mol. The molecule has 0 saturated heterocycles. The quantitative estimate of drug-likeness (QED) is 0.733. The predicted molar refractivity (Wildman–Crippen MR) is 88.0 cm³/mol. The fourth-order valence-corrected chi connectivity index (χ4v) is 2.25. The average Bonchev–Trinajstić information content (AvgIpc) is 2.89. The van der Waals surface area contributed by atoms with Gasteiger partial charge in [0.2, 0.25) is 0 Å². The van der Waals surface area contributed by atoms with Crippen molar-refractivity contribution < 1.29 is 4.79 Å². The molecule has 2 N–H and O–H groups in total. The summed E-state index contributed by atoms with van der Waals surface area (Å²) in [5, 5.41) is 10.5. The smallest absolute Gasteiger partial charge is 0.254 e. The Labute approximate surface area is 131 Å². The zero-order valence-corrected chi connectivity index (χ0v) is 13.3. The van der Waals surface area contributed by atoms with Crippen LogP contribution in [0, 0.1) is 6.92 Å². The van der Waals surface area contributed by atoms with Crippen molar-refractivity contribution in [2.45, 2.75) is 26.8 Å². The molecule has 2 rings (SSSR count). The molecule has 0 radical (unpaired) electrons. The third kappa shape index (κ3) is 4.43. The van der Waals surface area contributed by atoms with E-state index in [9.17, 15) is 4.79 Å². The number of rotatable bonds is 8. The zero-order chi connectivity index (χ0) is 15.8. The van der Waals surface area contributed by atoms with E-state index in [0.29, 0.717) is 18.7 Å². The van der Waals surface area contributed by atoms with Gasteiger partial charge in [-0.2, -0.15) is 5.10 Å². The second-order valence-electron chi connectivity index (χ2n) is 5.29. The number of nitrogens with one attached hydrogen (secondary N) is 2. The van der Waals surface area contributed by atoms with Crippen LogP contribution in [0.2, 0.25) is 0 Å². The van der Waals surface area contributed by atoms with E-state index < -0.39 is 0 Å². The number of amides is 1. The SMILES string of the molecule is CCCNCCNC(=O)c1cnn(Cc2ccccc2)c1C. The summed E-state index contributed by atoms with van der Waals surface area (Å²) in [6.07, 6.45) is 2.74. The van der Waals surface area contributed by atoms with Gasteiger partial charge in [-0.15, -0.1) is 0 Å². The van der Waals surface area contributed by atoms with Crippen LogP contribution < -0.4 is 10.6 Å². The molecule has 0 fully saturated rings. The van der Waals surface area contributed by atoms with Crippen LogP contribution in [0.1, 0.15) is 35.0 Å². The summed E-state index contributed by atoms with van der Waals surface area (Å²) in [5.41, 5.74) is 2.71. The van der Waals surface area contributed by atoms with Crippen molar-refractivity contribution in [3.05, 3.63) is 53.3 Å². The number of nitrogens with zero attached hydrogens (tertiary/aromatic N) is 2. The monoisotopic (exact) mass is 300 g/mol. The van der Waals surface area contributed by atoms with Gasteiger partial charge in [0.05, 0.1) is 18.3 Å². The Bertz CT molecular complexity index is 592. The molecule has 1 aromatic heterocycles. The van der Waals surface area contributed by atoms with Gasteiger partial charge in [-0.1, -0.05) is 37.3 Å². The number of benzene rings is 1. The average molecular weight is 300 g/mol. The summed E-state index contributed by atoms with van der Waals surface area (Å²) in [7, 11) is 0. The summed E-state index contributed by atoms with van der Waals surface area (Å²) in [6, 6.07) is 10.1. The first kappa shape index (κ1) is 16.2. The highest BCUT2D eigenvalue weighted by molar-refractivity contribution is 5.95. The summed E-state index contributed by atoms with van der Waals surface area (Å²) in [5.74, 6) is -0.0601. The van der Waals surface area contributed by atoms with Crippen molar-refractivity contribution in [2.75, 3.05) is 19.6 Å². The molecule has 0 unspecified atom stereocenters. The van der Waals surface area contributed by atoms with Crippen LogP contribution in [0.5, 0.6) is 0 Å². The van der Waals surface area contributed by atoms with Crippen LogP contribution in [0.25, 0.3) is 0 Å². The third-order valence-electron chi connectivity index (χ3n) is 3.54. The standard InChI is InChI=1S/C17H24N4O/c1-3-9-18-10-11-19-17(22)16-12-20-21(14(16)2)13-15-7-5-4-6-8-15/h4-8,12,18H,3,9-11,13H2,1-2H3,(H,19,22). The molecule has 0 bridgehead atoms. The van der Waals surface area contributed by atoms with Crippen molar-refractivity contribution in [2.24, 2.45) is 0 Å². The minimum absolute atomic E-state index is 0.0601. The summed E-state index contributed by atoms with van der Waals surface area (Å²) in [4.78, 5) is 12.2. The van der Waals surface area contributed by atoms with E-state index in [1.165, 1.54) is 5.56 Å². The van der Waals surface area contributed by atoms with Gasteiger partial charge in [-0.05, 0) is 25.5 Å². The Morgan fingerprint density at radius 1 is 1.18 bits per heavy atom. The Balaban J connectivity index is 1.91. The summed E-state index contributed by atoms with van der Waals surface area (Å²) < 4.78 is 1.86. The van der Waals surface area contributed by atoms with Crippen molar-refractivity contribution >= 4 is 5.91 Å². The number of carbonyl (C=O) groups is 1. The van der Waals surface area contributed by atoms with E-state index in [4.69, 9.17) is 0 Å². The molecule has 0 aliphatic rings. The molecule has 118 valence electrons. The van der Waals surface area contributed by atoms with Gasteiger partial charge in [-0.25, -0.2) is 0 Å². The van der Waals surface area contributed by atoms with Crippen LogP contribution in [-0.2, 0) is 6.54 Å². The topological polar surface area (TPSA) is 58.9 Å². The highest BCUT2D eigenvalue weighted by Crippen LogP contribution is 2.10. The molecule has 1 amide bonds. The minimum atomic E-state index is -0.0601. The molecule has 0 saturated carbocycles. The molecule has 1 aromatic carbocycles. The zero-order valence-electron chi connectivity index (χ0n) is 13.3. The van der Waals surface area contributed by atoms with Gasteiger partial charge in [-0.3, -0.25) is 9.48 Å². The molecule has 0 atom stereocenters. The van der Waals surface area contributed by atoms with Crippen molar-refractivity contribution in [1.82, 2.24) is 20.4 Å². The lowest BCUT2D eigenvalue weighted by atomic mass is 10.2. The highest BCUT2D eigenvalue weighted by atomic mass is 16.1. The largest absolute Gasteiger partial charge is 0.351 e. The normalized spacial score (nSPS) is 10.6. The van der Waals surface area contributed by atoms with E-state index in [1.54, 1.807) is 6.20 Å². The van der Waals surface area contributed by atoms with Crippen LogP contribution >= 0.6 is 0 Å². The summed E-state index contributed by atoms with van der Waals surface area (Å²) >= 11 is 0. The van der Waals surface area contributed by atoms with Gasteiger partial charge in [0.25, 0.3) is 5.91 Å². The maximum Gasteiger partial charge on any atom is 0.254 e. The Morgan fingerprint density at radius 2 is 1.95 bits per heavy atom. The fourth-order valence-electron chi connectivity index (χ4n) is 2.25. The van der Waals surface area contributed by atoms with E-state index in [2.05, 4.69) is 34.8 Å². The lowest BCUT2D eigenvalue weighted by molar-refractivity contribution is 0.0953. The molecule has 2 aromatic rings. The molecule has 5 nitrogen and oxygen atoms in total. The van der Waals surface area contributed by atoms with Crippen LogP contribution in [0.15, 0.2) is 36.5 Å². The number of aromatic nitrogens is 2. The van der Waals surface area contributed by atoms with Gasteiger partial charge in [0, 0.05) is 18.8 Å².